The van der Waals surface area contributed by atoms with Gasteiger partial charge in [0.1, 0.15) is 12.4 Å². The Bertz CT molecular complexity index is 1180. The number of aromatic nitrogens is 3. The molecule has 37 heavy (non-hydrogen) atoms. The molecule has 5 rings (SSSR count). The Hall–Kier alpha value is -3.37. The quantitative estimate of drug-likeness (QED) is 0.486. The molecule has 4 heterocycles. The van der Waals surface area contributed by atoms with Crippen LogP contribution in [0.4, 0.5) is 5.69 Å². The van der Waals surface area contributed by atoms with Crippen molar-refractivity contribution >= 4 is 17.7 Å². The van der Waals surface area contributed by atoms with E-state index in [0.717, 1.165) is 74.1 Å². The van der Waals surface area contributed by atoms with E-state index in [1.807, 2.05) is 36.4 Å². The summed E-state index contributed by atoms with van der Waals surface area (Å²) < 4.78 is 19.6. The summed E-state index contributed by atoms with van der Waals surface area (Å²) in [6.07, 6.45) is 7.52. The molecular weight excluding hydrogens is 474 g/mol. The number of ether oxygens (including phenoxy) is 3. The number of rotatable bonds is 6. The van der Waals surface area contributed by atoms with Crippen LogP contribution in [0.5, 0.6) is 11.6 Å². The third-order valence-corrected chi connectivity index (χ3v) is 6.69. The van der Waals surface area contributed by atoms with Crippen LogP contribution in [-0.4, -0.2) is 83.7 Å². The van der Waals surface area contributed by atoms with Crippen molar-refractivity contribution in [2.45, 2.75) is 39.2 Å². The van der Waals surface area contributed by atoms with Crippen molar-refractivity contribution in [2.24, 2.45) is 5.92 Å². The van der Waals surface area contributed by atoms with Crippen molar-refractivity contribution < 1.29 is 24.1 Å². The lowest BCUT2D eigenvalue weighted by molar-refractivity contribution is -0.120. The molecule has 2 N–H and O–H groups in total. The van der Waals surface area contributed by atoms with Gasteiger partial charge in [-0.2, -0.15) is 10.1 Å². The molecule has 1 aromatic carbocycles. The predicted octanol–water partition coefficient (Wildman–Crippen LogP) is 3.16. The summed E-state index contributed by atoms with van der Waals surface area (Å²) in [5, 5.41) is 15.0. The fourth-order valence-electron chi connectivity index (χ4n) is 4.71. The number of aliphatic hydroxyl groups is 1. The van der Waals surface area contributed by atoms with Gasteiger partial charge in [-0.1, -0.05) is 13.3 Å². The first-order valence-electron chi connectivity index (χ1n) is 12.9. The summed E-state index contributed by atoms with van der Waals surface area (Å²) in [6.45, 7) is 7.81. The van der Waals surface area contributed by atoms with Crippen molar-refractivity contribution in [1.82, 2.24) is 19.5 Å². The molecule has 3 aromatic rings. The summed E-state index contributed by atoms with van der Waals surface area (Å²) in [6, 6.07) is 6.09. The maximum absolute atomic E-state index is 11.9. The highest BCUT2D eigenvalue weighted by molar-refractivity contribution is 5.80. The van der Waals surface area contributed by atoms with Gasteiger partial charge in [0.2, 0.25) is 12.3 Å². The van der Waals surface area contributed by atoms with Gasteiger partial charge in [-0.25, -0.2) is 4.52 Å². The van der Waals surface area contributed by atoms with E-state index in [-0.39, 0.29) is 6.04 Å². The second-order valence-corrected chi connectivity index (χ2v) is 9.37. The van der Waals surface area contributed by atoms with E-state index in [1.165, 1.54) is 0 Å². The molecule has 0 radical (unpaired) electrons. The zero-order chi connectivity index (χ0) is 26.2. The zero-order valence-electron chi connectivity index (χ0n) is 21.9. The summed E-state index contributed by atoms with van der Waals surface area (Å²) >= 11 is 0. The molecule has 0 aliphatic carbocycles. The van der Waals surface area contributed by atoms with Gasteiger partial charge < -0.3 is 29.5 Å². The number of amides is 1. The molecule has 2 aliphatic rings. The normalized spacial score (nSPS) is 19.4. The average molecular weight is 512 g/mol. The topological polar surface area (TPSA) is 110 Å². The maximum Gasteiger partial charge on any atom is 0.219 e. The molecule has 1 fully saturated rings. The summed E-state index contributed by atoms with van der Waals surface area (Å²) in [7, 11) is 1.00. The predicted molar refractivity (Wildman–Crippen MR) is 141 cm³/mol. The Morgan fingerprint density at radius 3 is 2.89 bits per heavy atom. The van der Waals surface area contributed by atoms with Crippen molar-refractivity contribution in [2.75, 3.05) is 51.9 Å². The van der Waals surface area contributed by atoms with E-state index in [2.05, 4.69) is 23.4 Å². The maximum atomic E-state index is 11.9. The Balaban J connectivity index is 0.00000156. The number of carbonyl (C=O) groups is 1. The summed E-state index contributed by atoms with van der Waals surface area (Å²) in [5.41, 5.74) is 4.40. The van der Waals surface area contributed by atoms with E-state index < -0.39 is 0 Å². The Morgan fingerprint density at radius 1 is 1.27 bits per heavy atom. The number of nitrogens with one attached hydrogen (secondary N) is 1. The highest BCUT2D eigenvalue weighted by atomic mass is 16.5. The van der Waals surface area contributed by atoms with Crippen LogP contribution in [0.15, 0.2) is 30.6 Å². The number of hydrogen-bond acceptors (Lipinski definition) is 8. The van der Waals surface area contributed by atoms with Gasteiger partial charge in [-0.15, -0.1) is 0 Å². The van der Waals surface area contributed by atoms with E-state index in [1.54, 1.807) is 4.52 Å². The number of hydrogen-bond donors (Lipinski definition) is 2. The van der Waals surface area contributed by atoms with Gasteiger partial charge >= 0.3 is 0 Å². The number of carbonyl (C=O) groups excluding carboxylic acids is 1. The lowest BCUT2D eigenvalue weighted by Gasteiger charge is -2.28. The largest absolute Gasteiger partial charge is 0.493 e. The second-order valence-electron chi connectivity index (χ2n) is 9.37. The molecule has 2 atom stereocenters. The van der Waals surface area contributed by atoms with Gasteiger partial charge in [0.05, 0.1) is 25.5 Å². The van der Waals surface area contributed by atoms with E-state index in [4.69, 9.17) is 24.3 Å². The van der Waals surface area contributed by atoms with Gasteiger partial charge in [0.25, 0.3) is 0 Å². The highest BCUT2D eigenvalue weighted by Crippen LogP contribution is 2.32. The van der Waals surface area contributed by atoms with E-state index in [0.29, 0.717) is 43.7 Å². The van der Waals surface area contributed by atoms with Gasteiger partial charge in [0, 0.05) is 61.8 Å². The first-order chi connectivity index (χ1) is 18.1. The van der Waals surface area contributed by atoms with Gasteiger partial charge in [-0.05, 0) is 37.5 Å². The minimum Gasteiger partial charge on any atom is -0.493 e. The lowest BCUT2D eigenvalue weighted by atomic mass is 10.1. The highest BCUT2D eigenvalue weighted by Gasteiger charge is 2.21. The Labute approximate surface area is 217 Å². The van der Waals surface area contributed by atoms with Crippen LogP contribution in [-0.2, 0) is 9.53 Å². The van der Waals surface area contributed by atoms with Crippen LogP contribution in [0.1, 0.15) is 31.7 Å². The standard InChI is InChI=1S/C26H33N5O4.CH4O/c1-3-4-22-16-35-26-18(2)13-31-25(29-26)24(12-28-31)20-9-21(27-6-7-30(22)17-32)11-23(10-20)34-15-19-5-8-33-14-19;1-2/h9-13,17,19,22,27H,3-8,14-16H2,1-2H3;2H,1H3. The van der Waals surface area contributed by atoms with Crippen LogP contribution in [0.25, 0.3) is 16.8 Å². The molecule has 4 bridgehead atoms. The van der Waals surface area contributed by atoms with Crippen molar-refractivity contribution in [3.8, 4) is 22.8 Å². The molecule has 0 saturated carbocycles. The van der Waals surface area contributed by atoms with Crippen molar-refractivity contribution in [1.29, 1.82) is 0 Å². The fourth-order valence-corrected chi connectivity index (χ4v) is 4.71. The number of fused-ring (bicyclic) bond motifs is 4. The minimum absolute atomic E-state index is 0.0251. The molecule has 10 heteroatoms. The van der Waals surface area contributed by atoms with Crippen LogP contribution < -0.4 is 14.8 Å². The molecular formula is C27H37N5O5. The zero-order valence-corrected chi connectivity index (χ0v) is 21.9. The van der Waals surface area contributed by atoms with Gasteiger partial charge in [0.15, 0.2) is 5.65 Å². The molecule has 2 aliphatic heterocycles. The third kappa shape index (κ3) is 6.31. The van der Waals surface area contributed by atoms with Crippen molar-refractivity contribution in [3.05, 3.63) is 36.2 Å². The van der Waals surface area contributed by atoms with Gasteiger partial charge in [-0.3, -0.25) is 4.79 Å². The third-order valence-electron chi connectivity index (χ3n) is 6.69. The summed E-state index contributed by atoms with van der Waals surface area (Å²) in [4.78, 5) is 18.6. The molecule has 1 amide bonds. The average Bonchev–Trinajstić information content (AvgIpc) is 3.58. The number of anilines is 1. The van der Waals surface area contributed by atoms with Crippen molar-refractivity contribution in [3.63, 3.8) is 0 Å². The summed E-state index contributed by atoms with van der Waals surface area (Å²) in [5.74, 6) is 1.75. The molecule has 1 saturated heterocycles. The monoisotopic (exact) mass is 511 g/mol. The Kier molecular flexibility index (Phi) is 9.19. The number of benzene rings is 1. The molecule has 0 spiro atoms. The number of nitrogens with zero attached hydrogens (tertiary/aromatic N) is 4. The van der Waals surface area contributed by atoms with E-state index >= 15 is 0 Å². The van der Waals surface area contributed by atoms with Crippen LogP contribution in [0, 0.1) is 12.8 Å². The first kappa shape index (κ1) is 26.7. The molecule has 200 valence electrons. The second kappa shape index (κ2) is 12.7. The molecule has 2 aromatic heterocycles. The first-order valence-corrected chi connectivity index (χ1v) is 12.9. The smallest absolute Gasteiger partial charge is 0.219 e. The molecule has 2 unspecified atom stereocenters. The molecule has 10 nitrogen and oxygen atoms in total. The lowest BCUT2D eigenvalue weighted by Crippen LogP contribution is -2.41. The number of aliphatic hydroxyl groups excluding tert-OH is 1. The SMILES string of the molecule is CCCC1COc2nc3c(cnn3cc2C)-c2cc(cc(OCC3CCOC3)c2)NCCN1C=O.CO. The van der Waals surface area contributed by atoms with Crippen LogP contribution in [0.3, 0.4) is 0 Å². The van der Waals surface area contributed by atoms with E-state index in [9.17, 15) is 4.79 Å². The minimum atomic E-state index is -0.0251. The number of aryl methyl sites for hydroxylation is 1. The van der Waals surface area contributed by atoms with Crippen LogP contribution >= 0.6 is 0 Å². The fraction of sp³-hybridized carbons (Fsp3) is 0.519. The van der Waals surface area contributed by atoms with Crippen LogP contribution in [0.2, 0.25) is 0 Å². The Morgan fingerprint density at radius 2 is 2.14 bits per heavy atom.